The van der Waals surface area contributed by atoms with Gasteiger partial charge in [-0.2, -0.15) is 0 Å². The first kappa shape index (κ1) is 19.4. The molecule has 1 saturated heterocycles. The maximum Gasteiger partial charge on any atom is 0.289 e. The lowest BCUT2D eigenvalue weighted by atomic mass is 9.99. The molecule has 0 spiro atoms. The number of Topliss-reactive ketones (excluding diaryl/α,β-unsaturated/α-hetero) is 1. The van der Waals surface area contributed by atoms with E-state index in [1.807, 2.05) is 6.07 Å². The maximum atomic E-state index is 12.3. The van der Waals surface area contributed by atoms with Crippen LogP contribution in [-0.4, -0.2) is 48.8 Å². The number of rotatable bonds is 8. The van der Waals surface area contributed by atoms with Gasteiger partial charge in [-0.05, 0) is 43.4 Å². The molecule has 0 radical (unpaired) electrons. The summed E-state index contributed by atoms with van der Waals surface area (Å²) in [7, 11) is 0. The van der Waals surface area contributed by atoms with Crippen LogP contribution in [0.15, 0.2) is 24.3 Å². The minimum atomic E-state index is -0.792. The third-order valence-electron chi connectivity index (χ3n) is 4.39. The van der Waals surface area contributed by atoms with Gasteiger partial charge in [-0.3, -0.25) is 14.4 Å². The Morgan fingerprint density at radius 1 is 1.40 bits per heavy atom. The molecular weight excluding hydrogens is 344 g/mol. The van der Waals surface area contributed by atoms with E-state index >= 15 is 0 Å². The van der Waals surface area contributed by atoms with Gasteiger partial charge in [-0.25, -0.2) is 0 Å². The van der Waals surface area contributed by atoms with Crippen LogP contribution in [0.1, 0.15) is 25.3 Å². The Morgan fingerprint density at radius 2 is 2.12 bits per heavy atom. The van der Waals surface area contributed by atoms with E-state index in [9.17, 15) is 14.4 Å². The summed E-state index contributed by atoms with van der Waals surface area (Å²) in [5, 5.41) is 3.14. The number of nitrogens with one attached hydrogen (secondary N) is 1. The number of hydrogen-bond acceptors (Lipinski definition) is 4. The molecule has 2 amide bonds. The Bertz CT molecular complexity index is 617. The number of hydrogen-bond donors (Lipinski definition) is 1. The molecule has 0 saturated carbocycles. The molecule has 0 bridgehead atoms. The van der Waals surface area contributed by atoms with Gasteiger partial charge in [0, 0.05) is 31.3 Å². The number of ether oxygens (including phenoxy) is 1. The molecule has 25 heavy (non-hydrogen) atoms. The Balaban J connectivity index is 1.87. The number of benzene rings is 1. The molecule has 7 heteroatoms. The second-order valence-corrected chi connectivity index (χ2v) is 6.65. The highest BCUT2D eigenvalue weighted by atomic mass is 35.5. The van der Waals surface area contributed by atoms with Crippen LogP contribution in [0.4, 0.5) is 0 Å². The number of amides is 2. The van der Waals surface area contributed by atoms with Crippen LogP contribution in [0.25, 0.3) is 0 Å². The van der Waals surface area contributed by atoms with E-state index in [0.29, 0.717) is 37.1 Å². The third-order valence-corrected chi connectivity index (χ3v) is 4.62. The summed E-state index contributed by atoms with van der Waals surface area (Å²) in [6, 6.07) is 6.25. The van der Waals surface area contributed by atoms with Gasteiger partial charge in [0.05, 0.1) is 6.04 Å². The molecule has 1 fully saturated rings. The molecule has 1 aromatic carbocycles. The number of carbonyl (C=O) groups excluding carboxylic acids is 3. The second-order valence-electron chi connectivity index (χ2n) is 6.21. The fourth-order valence-corrected chi connectivity index (χ4v) is 2.99. The van der Waals surface area contributed by atoms with Gasteiger partial charge in [-0.15, -0.1) is 0 Å². The predicted octanol–water partition coefficient (Wildman–Crippen LogP) is 1.80. The summed E-state index contributed by atoms with van der Waals surface area (Å²) in [5.41, 5.74) is 0.802. The fourth-order valence-electron chi connectivity index (χ4n) is 2.78. The van der Waals surface area contributed by atoms with E-state index in [1.165, 1.54) is 4.90 Å². The summed E-state index contributed by atoms with van der Waals surface area (Å²) >= 11 is 5.89. The highest BCUT2D eigenvalue weighted by Crippen LogP contribution is 2.17. The molecule has 1 unspecified atom stereocenters. The highest BCUT2D eigenvalue weighted by molar-refractivity contribution is 6.38. The van der Waals surface area contributed by atoms with E-state index in [1.54, 1.807) is 25.1 Å². The van der Waals surface area contributed by atoms with Crippen LogP contribution < -0.4 is 5.32 Å². The van der Waals surface area contributed by atoms with Crippen molar-refractivity contribution in [2.24, 2.45) is 5.92 Å². The Morgan fingerprint density at radius 3 is 2.76 bits per heavy atom. The van der Waals surface area contributed by atoms with Crippen molar-refractivity contribution in [2.45, 2.75) is 32.4 Å². The number of ketones is 1. The zero-order valence-corrected chi connectivity index (χ0v) is 15.0. The van der Waals surface area contributed by atoms with E-state index in [2.05, 4.69) is 5.32 Å². The molecule has 6 nitrogen and oxygen atoms in total. The van der Waals surface area contributed by atoms with Gasteiger partial charge in [0.25, 0.3) is 5.91 Å². The van der Waals surface area contributed by atoms with Gasteiger partial charge >= 0.3 is 0 Å². The lowest BCUT2D eigenvalue weighted by molar-refractivity contribution is -0.142. The van der Waals surface area contributed by atoms with Crippen molar-refractivity contribution in [3.8, 4) is 0 Å². The van der Waals surface area contributed by atoms with Crippen LogP contribution in [0.2, 0.25) is 5.02 Å². The van der Waals surface area contributed by atoms with Gasteiger partial charge in [0.1, 0.15) is 0 Å². The first-order chi connectivity index (χ1) is 12.0. The monoisotopic (exact) mass is 366 g/mol. The molecule has 1 aliphatic rings. The Hall–Kier alpha value is -1.92. The van der Waals surface area contributed by atoms with E-state index in [4.69, 9.17) is 16.3 Å². The summed E-state index contributed by atoms with van der Waals surface area (Å²) in [6.45, 7) is 3.58. The topological polar surface area (TPSA) is 75.7 Å². The average Bonchev–Trinajstić information content (AvgIpc) is 2.64. The maximum absolute atomic E-state index is 12.3. The van der Waals surface area contributed by atoms with Crippen LogP contribution >= 0.6 is 11.6 Å². The van der Waals surface area contributed by atoms with Crippen LogP contribution in [0.5, 0.6) is 0 Å². The number of nitrogens with zero attached hydrogens (tertiary/aromatic N) is 1. The normalized spacial score (nSPS) is 16.1. The third kappa shape index (κ3) is 5.83. The number of halogens is 1. The molecule has 1 aliphatic heterocycles. The molecule has 1 atom stereocenters. The van der Waals surface area contributed by atoms with E-state index < -0.39 is 17.7 Å². The van der Waals surface area contributed by atoms with Crippen molar-refractivity contribution in [1.82, 2.24) is 10.2 Å². The molecule has 136 valence electrons. The van der Waals surface area contributed by atoms with Gasteiger partial charge in [-0.1, -0.05) is 23.7 Å². The standard InChI is InChI=1S/C18H23ClN2O4/c1-13(21(12-22)11-14-5-7-25-8-6-14)17(23)18(24)20-10-15-3-2-4-16(19)9-15/h2-4,9,12-14H,5-8,10-11H2,1H3,(H,20,24). The smallest absolute Gasteiger partial charge is 0.289 e. The van der Waals surface area contributed by atoms with Crippen molar-refractivity contribution in [1.29, 1.82) is 0 Å². The SMILES string of the molecule is CC(C(=O)C(=O)NCc1cccc(Cl)c1)N(C=O)CC1CCOCC1. The van der Waals surface area contributed by atoms with Crippen molar-refractivity contribution >= 4 is 29.7 Å². The van der Waals surface area contributed by atoms with E-state index in [-0.39, 0.29) is 6.54 Å². The lowest BCUT2D eigenvalue weighted by Gasteiger charge is -2.30. The largest absolute Gasteiger partial charge is 0.381 e. The summed E-state index contributed by atoms with van der Waals surface area (Å²) < 4.78 is 5.30. The van der Waals surface area contributed by atoms with Gasteiger partial charge in [0.15, 0.2) is 0 Å². The molecule has 2 rings (SSSR count). The van der Waals surface area contributed by atoms with Crippen LogP contribution in [0.3, 0.4) is 0 Å². The molecule has 0 aliphatic carbocycles. The minimum absolute atomic E-state index is 0.207. The Kier molecular flexibility index (Phi) is 7.40. The zero-order valence-electron chi connectivity index (χ0n) is 14.2. The Labute approximate surface area is 152 Å². The number of carbonyl (C=O) groups is 3. The van der Waals surface area contributed by atoms with Crippen molar-refractivity contribution in [3.05, 3.63) is 34.9 Å². The molecule has 1 heterocycles. The molecule has 1 aromatic rings. The second kappa shape index (κ2) is 9.53. The summed E-state index contributed by atoms with van der Waals surface area (Å²) in [6.07, 6.45) is 2.35. The summed E-state index contributed by atoms with van der Waals surface area (Å²) in [4.78, 5) is 37.2. The van der Waals surface area contributed by atoms with Crippen molar-refractivity contribution < 1.29 is 19.1 Å². The van der Waals surface area contributed by atoms with Crippen molar-refractivity contribution in [3.63, 3.8) is 0 Å². The van der Waals surface area contributed by atoms with Crippen molar-refractivity contribution in [2.75, 3.05) is 19.8 Å². The quantitative estimate of drug-likeness (QED) is 0.562. The average molecular weight is 367 g/mol. The highest BCUT2D eigenvalue weighted by Gasteiger charge is 2.28. The first-order valence-corrected chi connectivity index (χ1v) is 8.74. The first-order valence-electron chi connectivity index (χ1n) is 8.36. The van der Waals surface area contributed by atoms with E-state index in [0.717, 1.165) is 18.4 Å². The zero-order chi connectivity index (χ0) is 18.2. The predicted molar refractivity (Wildman–Crippen MR) is 94.1 cm³/mol. The van der Waals surface area contributed by atoms with Gasteiger partial charge < -0.3 is 15.0 Å². The lowest BCUT2D eigenvalue weighted by Crippen LogP contribution is -2.47. The minimum Gasteiger partial charge on any atom is -0.381 e. The molecule has 1 N–H and O–H groups in total. The van der Waals surface area contributed by atoms with Crippen LogP contribution in [0, 0.1) is 5.92 Å². The van der Waals surface area contributed by atoms with Crippen LogP contribution in [-0.2, 0) is 25.7 Å². The van der Waals surface area contributed by atoms with Gasteiger partial charge in [0.2, 0.25) is 12.2 Å². The molecular formula is C18H23ClN2O4. The summed E-state index contributed by atoms with van der Waals surface area (Å²) in [5.74, 6) is -1.03. The molecule has 0 aromatic heterocycles. The fraction of sp³-hybridized carbons (Fsp3) is 0.500.